The summed E-state index contributed by atoms with van der Waals surface area (Å²) in [5.74, 6) is 0.557. The molecule has 1 aromatic rings. The fourth-order valence-corrected chi connectivity index (χ4v) is 2.01. The van der Waals surface area contributed by atoms with E-state index in [1.165, 1.54) is 0 Å². The predicted octanol–water partition coefficient (Wildman–Crippen LogP) is 1.52. The monoisotopic (exact) mass is 289 g/mol. The second-order valence-corrected chi connectivity index (χ2v) is 4.66. The van der Waals surface area contributed by atoms with E-state index in [1.54, 1.807) is 18.2 Å². The maximum Gasteiger partial charge on any atom is 0.303 e. The molecule has 0 atom stereocenters. The van der Waals surface area contributed by atoms with Crippen molar-refractivity contribution in [2.75, 3.05) is 13.7 Å². The molecule has 0 saturated carbocycles. The van der Waals surface area contributed by atoms with E-state index in [1.807, 2.05) is 30.3 Å². The van der Waals surface area contributed by atoms with Crippen molar-refractivity contribution in [3.63, 3.8) is 0 Å². The maximum atomic E-state index is 10.6. The van der Waals surface area contributed by atoms with E-state index in [0.29, 0.717) is 18.8 Å². The third-order valence-electron chi connectivity index (χ3n) is 3.16. The van der Waals surface area contributed by atoms with Gasteiger partial charge in [0, 0.05) is 13.0 Å². The number of hydrazine groups is 1. The van der Waals surface area contributed by atoms with Gasteiger partial charge in [-0.25, -0.2) is 0 Å². The first-order valence-corrected chi connectivity index (χ1v) is 6.68. The van der Waals surface area contributed by atoms with Gasteiger partial charge < -0.3 is 15.6 Å². The number of carbonyl (C=O) groups is 1. The van der Waals surface area contributed by atoms with Crippen molar-refractivity contribution >= 4 is 11.7 Å². The largest absolute Gasteiger partial charge is 0.497 e. The van der Waals surface area contributed by atoms with Crippen LogP contribution in [0.3, 0.4) is 0 Å². The molecule has 112 valence electrons. The molecule has 1 aliphatic heterocycles. The molecule has 0 radical (unpaired) electrons. The molecule has 1 aliphatic rings. The smallest absolute Gasteiger partial charge is 0.303 e. The van der Waals surface area contributed by atoms with Gasteiger partial charge in [-0.15, -0.1) is 0 Å². The van der Waals surface area contributed by atoms with E-state index < -0.39 is 5.97 Å². The average molecular weight is 289 g/mol. The molecule has 0 amide bonds. The molecule has 6 nitrogen and oxygen atoms in total. The minimum atomic E-state index is -0.805. The lowest BCUT2D eigenvalue weighted by Crippen LogP contribution is -2.41. The molecule has 0 aromatic heterocycles. The lowest BCUT2D eigenvalue weighted by atomic mass is 10.1. The molecule has 0 spiro atoms. The van der Waals surface area contributed by atoms with Gasteiger partial charge in [-0.05, 0) is 48.4 Å². The number of carboxylic acids is 1. The Labute approximate surface area is 123 Å². The third-order valence-corrected chi connectivity index (χ3v) is 3.16. The molecule has 0 fully saturated rings. The quantitative estimate of drug-likeness (QED) is 0.736. The van der Waals surface area contributed by atoms with E-state index in [9.17, 15) is 4.79 Å². The molecule has 0 saturated heterocycles. The third kappa shape index (κ3) is 3.92. The Hall–Kier alpha value is -2.63. The Morgan fingerprint density at radius 3 is 2.67 bits per heavy atom. The van der Waals surface area contributed by atoms with Crippen molar-refractivity contribution in [2.24, 2.45) is 5.73 Å². The molecule has 0 aliphatic carbocycles. The number of nitrogens with zero attached hydrogens (tertiary/aromatic N) is 1. The molecule has 21 heavy (non-hydrogen) atoms. The summed E-state index contributed by atoms with van der Waals surface area (Å²) in [5.41, 5.74) is 11.0. The topological polar surface area (TPSA) is 87.8 Å². The maximum absolute atomic E-state index is 10.6. The van der Waals surface area contributed by atoms with Gasteiger partial charge >= 0.3 is 5.97 Å². The summed E-state index contributed by atoms with van der Waals surface area (Å²) >= 11 is 0. The molecule has 2 rings (SSSR count). The lowest BCUT2D eigenvalue weighted by molar-refractivity contribution is -0.137. The molecule has 0 bridgehead atoms. The van der Waals surface area contributed by atoms with E-state index in [4.69, 9.17) is 15.6 Å². The first kappa shape index (κ1) is 14.8. The summed E-state index contributed by atoms with van der Waals surface area (Å²) in [6.07, 6.45) is 4.33. The van der Waals surface area contributed by atoms with Gasteiger partial charge in [0.15, 0.2) is 0 Å². The van der Waals surface area contributed by atoms with E-state index in [-0.39, 0.29) is 6.42 Å². The van der Waals surface area contributed by atoms with Crippen molar-refractivity contribution in [2.45, 2.75) is 12.8 Å². The zero-order chi connectivity index (χ0) is 15.2. The fourth-order valence-electron chi connectivity index (χ4n) is 2.01. The number of aliphatic carboxylic acids is 1. The van der Waals surface area contributed by atoms with Crippen molar-refractivity contribution in [1.29, 1.82) is 0 Å². The van der Waals surface area contributed by atoms with Gasteiger partial charge in [-0.3, -0.25) is 15.2 Å². The predicted molar refractivity (Wildman–Crippen MR) is 80.0 cm³/mol. The minimum absolute atomic E-state index is 0.118. The normalized spacial score (nSPS) is 14.0. The molecular formula is C15H19N3O3. The van der Waals surface area contributed by atoms with Crippen molar-refractivity contribution in [3.05, 3.63) is 47.8 Å². The zero-order valence-electron chi connectivity index (χ0n) is 11.9. The van der Waals surface area contributed by atoms with Crippen LogP contribution in [0.15, 0.2) is 42.2 Å². The van der Waals surface area contributed by atoms with Gasteiger partial charge in [-0.1, -0.05) is 0 Å². The summed E-state index contributed by atoms with van der Waals surface area (Å²) in [6.45, 7) is 0.530. The number of carboxylic acid groups (broad SMARTS) is 1. The van der Waals surface area contributed by atoms with Crippen molar-refractivity contribution in [3.8, 4) is 5.75 Å². The SMILES string of the molecule is COc1ccc(C2=CC=C(N)N(CCCC(=O)O)N2)cc1. The van der Waals surface area contributed by atoms with E-state index in [2.05, 4.69) is 5.43 Å². The first-order valence-electron chi connectivity index (χ1n) is 6.68. The van der Waals surface area contributed by atoms with E-state index in [0.717, 1.165) is 17.0 Å². The van der Waals surface area contributed by atoms with Crippen LogP contribution in [-0.4, -0.2) is 29.7 Å². The minimum Gasteiger partial charge on any atom is -0.497 e. The summed E-state index contributed by atoms with van der Waals surface area (Å²) in [5, 5.41) is 10.4. The Balaban J connectivity index is 2.03. The number of benzene rings is 1. The number of ether oxygens (including phenoxy) is 1. The highest BCUT2D eigenvalue weighted by atomic mass is 16.5. The molecule has 1 heterocycles. The Bertz CT molecular complexity index is 564. The number of hydrogen-bond donors (Lipinski definition) is 3. The number of rotatable bonds is 6. The highest BCUT2D eigenvalue weighted by Crippen LogP contribution is 2.20. The Morgan fingerprint density at radius 2 is 2.05 bits per heavy atom. The zero-order valence-corrected chi connectivity index (χ0v) is 11.9. The van der Waals surface area contributed by atoms with Crippen molar-refractivity contribution in [1.82, 2.24) is 10.4 Å². The standard InChI is InChI=1S/C15H19N3O3/c1-21-12-6-4-11(5-7-12)13-8-9-14(16)18(17-13)10-2-3-15(19)20/h4-9,17H,2-3,10,16H2,1H3,(H,19,20). The van der Waals surface area contributed by atoms with Crippen LogP contribution in [0.5, 0.6) is 5.75 Å². The first-order chi connectivity index (χ1) is 10.1. The summed E-state index contributed by atoms with van der Waals surface area (Å²) in [7, 11) is 1.63. The van der Waals surface area contributed by atoms with Gasteiger partial charge in [-0.2, -0.15) is 0 Å². The van der Waals surface area contributed by atoms with Gasteiger partial charge in [0.25, 0.3) is 0 Å². The van der Waals surface area contributed by atoms with E-state index >= 15 is 0 Å². The lowest BCUT2D eigenvalue weighted by Gasteiger charge is -2.30. The van der Waals surface area contributed by atoms with Crippen LogP contribution in [0.1, 0.15) is 18.4 Å². The summed E-state index contributed by atoms with van der Waals surface area (Å²) in [6, 6.07) is 7.66. The van der Waals surface area contributed by atoms with Gasteiger partial charge in [0.05, 0.1) is 12.8 Å². The van der Waals surface area contributed by atoms with Crippen LogP contribution >= 0.6 is 0 Å². The molecule has 1 aromatic carbocycles. The second-order valence-electron chi connectivity index (χ2n) is 4.66. The van der Waals surface area contributed by atoms with Crippen LogP contribution in [0.4, 0.5) is 0 Å². The molecular weight excluding hydrogens is 270 g/mol. The fraction of sp³-hybridized carbons (Fsp3) is 0.267. The van der Waals surface area contributed by atoms with Crippen LogP contribution in [0.2, 0.25) is 0 Å². The Kier molecular flexibility index (Phi) is 4.71. The summed E-state index contributed by atoms with van der Waals surface area (Å²) in [4.78, 5) is 10.6. The highest BCUT2D eigenvalue weighted by Gasteiger charge is 2.13. The number of hydrogen-bond acceptors (Lipinski definition) is 5. The van der Waals surface area contributed by atoms with Crippen LogP contribution in [-0.2, 0) is 4.79 Å². The highest BCUT2D eigenvalue weighted by molar-refractivity contribution is 5.67. The van der Waals surface area contributed by atoms with Crippen LogP contribution < -0.4 is 15.9 Å². The molecule has 4 N–H and O–H groups in total. The molecule has 0 unspecified atom stereocenters. The summed E-state index contributed by atoms with van der Waals surface area (Å²) < 4.78 is 5.13. The average Bonchev–Trinajstić information content (AvgIpc) is 2.49. The number of methoxy groups -OCH3 is 1. The molecule has 6 heteroatoms. The van der Waals surface area contributed by atoms with Gasteiger partial charge in [0.1, 0.15) is 11.6 Å². The number of allylic oxidation sites excluding steroid dienone is 2. The van der Waals surface area contributed by atoms with Crippen LogP contribution in [0.25, 0.3) is 5.70 Å². The number of nitrogens with two attached hydrogens (primary N) is 1. The second kappa shape index (κ2) is 6.69. The van der Waals surface area contributed by atoms with Crippen molar-refractivity contribution < 1.29 is 14.6 Å². The number of nitrogens with one attached hydrogen (secondary N) is 1. The van der Waals surface area contributed by atoms with Gasteiger partial charge in [0.2, 0.25) is 0 Å². The Morgan fingerprint density at radius 1 is 1.33 bits per heavy atom. The van der Waals surface area contributed by atoms with Crippen LogP contribution in [0, 0.1) is 0 Å².